The van der Waals surface area contributed by atoms with Crippen molar-refractivity contribution in [3.63, 3.8) is 0 Å². The van der Waals surface area contributed by atoms with Crippen LogP contribution in [0.25, 0.3) is 22.4 Å². The smallest absolute Gasteiger partial charge is 0.263 e. The molecule has 9 heteroatoms. The van der Waals surface area contributed by atoms with Gasteiger partial charge in [0.15, 0.2) is 0 Å². The second-order valence-corrected chi connectivity index (χ2v) is 8.35. The molecular weight excluding hydrogens is 406 g/mol. The van der Waals surface area contributed by atoms with Crippen molar-refractivity contribution in [1.29, 1.82) is 0 Å². The fourth-order valence-corrected chi connectivity index (χ4v) is 4.73. The number of aryl methyl sites for hydroxylation is 1. The minimum Gasteiger partial charge on any atom is -0.338 e. The van der Waals surface area contributed by atoms with E-state index in [1.807, 2.05) is 14.0 Å². The van der Waals surface area contributed by atoms with Gasteiger partial charge >= 0.3 is 0 Å². The highest BCUT2D eigenvalue weighted by Crippen LogP contribution is 2.37. The van der Waals surface area contributed by atoms with Gasteiger partial charge in [0.05, 0.1) is 27.2 Å². The van der Waals surface area contributed by atoms with Crippen molar-refractivity contribution < 1.29 is 9.59 Å². The Bertz CT molecular complexity index is 1270. The summed E-state index contributed by atoms with van der Waals surface area (Å²) < 4.78 is 0. The van der Waals surface area contributed by atoms with Crippen LogP contribution in [-0.4, -0.2) is 62.7 Å². The Labute approximate surface area is 176 Å². The maximum Gasteiger partial charge on any atom is 0.263 e. The summed E-state index contributed by atoms with van der Waals surface area (Å²) in [5.41, 5.74) is 2.24. The quantitative estimate of drug-likeness (QED) is 0.614. The number of halogens is 1. The molecule has 1 aromatic carbocycles. The molecule has 0 radical (unpaired) electrons. The van der Waals surface area contributed by atoms with Crippen molar-refractivity contribution in [2.45, 2.75) is 25.8 Å². The number of H-pyrrole nitrogens is 2. The van der Waals surface area contributed by atoms with E-state index in [2.05, 4.69) is 19.9 Å². The molecule has 2 amide bonds. The number of hydrogen-bond donors (Lipinski definition) is 2. The van der Waals surface area contributed by atoms with Gasteiger partial charge in [-0.05, 0) is 57.6 Å². The number of nitrogens with zero attached hydrogens (tertiary/aromatic N) is 3. The Morgan fingerprint density at radius 1 is 1.13 bits per heavy atom. The largest absolute Gasteiger partial charge is 0.338 e. The predicted molar refractivity (Wildman–Crippen MR) is 113 cm³/mol. The number of amides is 2. The number of hydrogen-bond acceptors (Lipinski definition) is 5. The van der Waals surface area contributed by atoms with E-state index in [1.165, 1.54) is 4.90 Å². The van der Waals surface area contributed by atoms with Crippen LogP contribution in [0.15, 0.2) is 23.1 Å². The molecule has 0 bridgehead atoms. The Kier molecular flexibility index (Phi) is 4.30. The number of carbonyl (C=O) groups is 2. The molecule has 5 rings (SSSR count). The summed E-state index contributed by atoms with van der Waals surface area (Å²) in [6.07, 6.45) is 3.06. The van der Waals surface area contributed by atoms with E-state index in [-0.39, 0.29) is 39.6 Å². The lowest BCUT2D eigenvalue weighted by atomic mass is 10.0. The molecule has 3 aromatic rings. The average Bonchev–Trinajstić information content (AvgIpc) is 3.23. The van der Waals surface area contributed by atoms with Gasteiger partial charge in [0.2, 0.25) is 0 Å². The lowest BCUT2D eigenvalue weighted by Crippen LogP contribution is -2.46. The monoisotopic (exact) mass is 425 g/mol. The summed E-state index contributed by atoms with van der Waals surface area (Å²) in [4.78, 5) is 52.3. The summed E-state index contributed by atoms with van der Waals surface area (Å²) in [5.74, 6) is -0.338. The van der Waals surface area contributed by atoms with Crippen molar-refractivity contribution >= 4 is 34.4 Å². The summed E-state index contributed by atoms with van der Waals surface area (Å²) >= 11 is 6.58. The molecule has 1 saturated heterocycles. The highest BCUT2D eigenvalue weighted by Gasteiger charge is 2.43. The number of imide groups is 1. The fourth-order valence-electron chi connectivity index (χ4n) is 4.41. The van der Waals surface area contributed by atoms with Gasteiger partial charge in [-0.15, -0.1) is 0 Å². The Morgan fingerprint density at radius 3 is 2.57 bits per heavy atom. The maximum absolute atomic E-state index is 13.2. The van der Waals surface area contributed by atoms with Gasteiger partial charge in [0.25, 0.3) is 17.4 Å². The number of nitrogens with one attached hydrogen (secondary N) is 2. The average molecular weight is 426 g/mol. The number of likely N-dealkylation sites (tertiary alicyclic amines) is 1. The number of benzene rings is 1. The first kappa shape index (κ1) is 19.0. The molecule has 30 heavy (non-hydrogen) atoms. The molecule has 0 aliphatic carbocycles. The number of carbonyl (C=O) groups excluding carboxylic acids is 2. The number of aromatic nitrogens is 3. The zero-order valence-electron chi connectivity index (χ0n) is 16.6. The molecule has 1 fully saturated rings. The zero-order valence-corrected chi connectivity index (χ0v) is 17.3. The standard InChI is InChI=1S/C21H20ClN5O3/c1-10-3-6-23-19(28)14(10)18-24-13-9-12-15(16(22)17(13)25-18)21(30)27(20(12)29)11-4-7-26(2)8-5-11/h3,6,9,11H,4-5,7-8H2,1-2H3,(H,23,28)(H,24,25). The second kappa shape index (κ2) is 6.78. The Hall–Kier alpha value is -2.97. The van der Waals surface area contributed by atoms with Crippen molar-refractivity contribution in [3.8, 4) is 11.4 Å². The van der Waals surface area contributed by atoms with E-state index in [0.29, 0.717) is 22.4 Å². The molecule has 2 N–H and O–H groups in total. The number of piperidine rings is 1. The maximum atomic E-state index is 13.2. The fraction of sp³-hybridized carbons (Fsp3) is 0.333. The molecular formula is C21H20ClN5O3. The van der Waals surface area contributed by atoms with E-state index in [0.717, 1.165) is 31.5 Å². The third-order valence-electron chi connectivity index (χ3n) is 6.06. The molecule has 2 aliphatic heterocycles. The number of pyridine rings is 1. The molecule has 2 aromatic heterocycles. The van der Waals surface area contributed by atoms with Crippen molar-refractivity contribution in [1.82, 2.24) is 24.8 Å². The van der Waals surface area contributed by atoms with Crippen LogP contribution in [-0.2, 0) is 0 Å². The lowest BCUT2D eigenvalue weighted by molar-refractivity contribution is 0.0516. The van der Waals surface area contributed by atoms with Crippen LogP contribution in [0.4, 0.5) is 0 Å². The molecule has 8 nitrogen and oxygen atoms in total. The minimum absolute atomic E-state index is 0.128. The number of imidazole rings is 1. The summed E-state index contributed by atoms with van der Waals surface area (Å²) in [7, 11) is 2.03. The zero-order chi connectivity index (χ0) is 21.2. The van der Waals surface area contributed by atoms with Gasteiger partial charge in [-0.3, -0.25) is 19.3 Å². The van der Waals surface area contributed by atoms with E-state index >= 15 is 0 Å². The Balaban J connectivity index is 1.60. The van der Waals surface area contributed by atoms with Crippen molar-refractivity contribution in [2.75, 3.05) is 20.1 Å². The third kappa shape index (κ3) is 2.71. The topological polar surface area (TPSA) is 102 Å². The second-order valence-electron chi connectivity index (χ2n) is 7.97. The van der Waals surface area contributed by atoms with E-state index in [4.69, 9.17) is 11.6 Å². The van der Waals surface area contributed by atoms with Crippen LogP contribution in [0, 0.1) is 6.92 Å². The van der Waals surface area contributed by atoms with Crippen LogP contribution < -0.4 is 5.56 Å². The third-order valence-corrected chi connectivity index (χ3v) is 6.43. The SMILES string of the molecule is Cc1cc[nH]c(=O)c1-c1nc2c(Cl)c3c(cc2[nH]1)C(=O)N(C1CCN(C)CC1)C3=O. The normalized spacial score (nSPS) is 17.9. The summed E-state index contributed by atoms with van der Waals surface area (Å²) in [6, 6.07) is 3.27. The first-order valence-corrected chi connectivity index (χ1v) is 10.2. The van der Waals surface area contributed by atoms with Crippen molar-refractivity contribution in [3.05, 3.63) is 50.4 Å². The molecule has 0 spiro atoms. The van der Waals surface area contributed by atoms with Crippen LogP contribution in [0.1, 0.15) is 39.1 Å². The van der Waals surface area contributed by atoms with Crippen LogP contribution >= 0.6 is 11.6 Å². The van der Waals surface area contributed by atoms with E-state index in [9.17, 15) is 14.4 Å². The van der Waals surface area contributed by atoms with E-state index < -0.39 is 0 Å². The molecule has 154 valence electrons. The van der Waals surface area contributed by atoms with Gasteiger partial charge in [-0.2, -0.15) is 0 Å². The molecule has 0 atom stereocenters. The Morgan fingerprint density at radius 2 is 1.87 bits per heavy atom. The van der Waals surface area contributed by atoms with Gasteiger partial charge < -0.3 is 14.9 Å². The van der Waals surface area contributed by atoms with Crippen LogP contribution in [0.2, 0.25) is 5.02 Å². The highest BCUT2D eigenvalue weighted by atomic mass is 35.5. The lowest BCUT2D eigenvalue weighted by Gasteiger charge is -2.33. The van der Waals surface area contributed by atoms with Gasteiger partial charge in [-0.25, -0.2) is 4.98 Å². The van der Waals surface area contributed by atoms with Gasteiger partial charge in [-0.1, -0.05) is 11.6 Å². The molecule has 0 saturated carbocycles. The molecule has 4 heterocycles. The van der Waals surface area contributed by atoms with Crippen LogP contribution in [0.5, 0.6) is 0 Å². The number of rotatable bonds is 2. The molecule has 2 aliphatic rings. The van der Waals surface area contributed by atoms with Crippen molar-refractivity contribution in [2.24, 2.45) is 0 Å². The summed E-state index contributed by atoms with van der Waals surface area (Å²) in [5, 5.41) is 0.142. The predicted octanol–water partition coefficient (Wildman–Crippen LogP) is 2.57. The highest BCUT2D eigenvalue weighted by molar-refractivity contribution is 6.41. The number of aromatic amines is 2. The molecule has 0 unspecified atom stereocenters. The minimum atomic E-state index is -0.366. The van der Waals surface area contributed by atoms with Crippen LogP contribution in [0.3, 0.4) is 0 Å². The number of fused-ring (bicyclic) bond motifs is 2. The summed E-state index contributed by atoms with van der Waals surface area (Å²) in [6.45, 7) is 3.48. The van der Waals surface area contributed by atoms with Gasteiger partial charge in [0, 0.05) is 12.2 Å². The first-order chi connectivity index (χ1) is 14.4. The van der Waals surface area contributed by atoms with Gasteiger partial charge in [0.1, 0.15) is 11.3 Å². The first-order valence-electron chi connectivity index (χ1n) is 9.84. The van der Waals surface area contributed by atoms with E-state index in [1.54, 1.807) is 18.3 Å².